The van der Waals surface area contributed by atoms with E-state index in [1.165, 1.54) is 18.3 Å². The van der Waals surface area contributed by atoms with Crippen molar-refractivity contribution in [2.45, 2.75) is 30.9 Å². The first kappa shape index (κ1) is 21.1. The first-order valence-electron chi connectivity index (χ1n) is 10.0. The Morgan fingerprint density at radius 1 is 1.23 bits per heavy atom. The number of nitrogens with one attached hydrogen (secondary N) is 2. The maximum absolute atomic E-state index is 12.9. The Hall–Kier alpha value is -3.11. The molecule has 2 aromatic heterocycles. The quantitative estimate of drug-likeness (QED) is 0.579. The normalized spacial score (nSPS) is 14.5. The minimum atomic E-state index is -3.89. The zero-order valence-corrected chi connectivity index (χ0v) is 17.9. The Morgan fingerprint density at radius 2 is 2.03 bits per heavy atom. The van der Waals surface area contributed by atoms with Crippen LogP contribution in [0, 0.1) is 0 Å². The maximum atomic E-state index is 12.9. The van der Waals surface area contributed by atoms with Crippen molar-refractivity contribution >= 4 is 15.9 Å². The lowest BCUT2D eigenvalue weighted by Crippen LogP contribution is -2.35. The number of piperidine rings is 1. The molecule has 0 saturated carbocycles. The number of hydrogen-bond donors (Lipinski definition) is 2. The average Bonchev–Trinajstić information content (AvgIpc) is 3.48. The second kappa shape index (κ2) is 8.94. The highest BCUT2D eigenvalue weighted by molar-refractivity contribution is 7.89. The molecule has 0 spiro atoms. The summed E-state index contributed by atoms with van der Waals surface area (Å²) in [5.74, 6) is 0.738. The van der Waals surface area contributed by atoms with Crippen LogP contribution < -0.4 is 9.46 Å². The number of benzene rings is 1. The zero-order valence-electron chi connectivity index (χ0n) is 17.1. The molecule has 1 aliphatic heterocycles. The molecule has 0 radical (unpaired) electrons. The lowest BCUT2D eigenvalue weighted by atomic mass is 10.1. The zero-order chi connectivity index (χ0) is 21.8. The topological polar surface area (TPSA) is 118 Å². The summed E-state index contributed by atoms with van der Waals surface area (Å²) in [5, 5.41) is 6.49. The molecule has 3 aromatic rings. The van der Waals surface area contributed by atoms with E-state index in [0.717, 1.165) is 24.8 Å². The molecule has 0 atom stereocenters. The molecule has 3 heterocycles. The lowest BCUT2D eigenvalue weighted by Gasteiger charge is -2.26. The first-order chi connectivity index (χ1) is 15.0. The summed E-state index contributed by atoms with van der Waals surface area (Å²) >= 11 is 0. The van der Waals surface area contributed by atoms with Gasteiger partial charge in [0.1, 0.15) is 11.4 Å². The highest BCUT2D eigenvalue weighted by Crippen LogP contribution is 2.27. The van der Waals surface area contributed by atoms with E-state index in [2.05, 4.69) is 14.9 Å². The van der Waals surface area contributed by atoms with Crippen molar-refractivity contribution in [2.24, 2.45) is 0 Å². The molecule has 4 rings (SSSR count). The van der Waals surface area contributed by atoms with Gasteiger partial charge in [0.05, 0.1) is 18.9 Å². The van der Waals surface area contributed by atoms with Gasteiger partial charge in [0.15, 0.2) is 5.76 Å². The van der Waals surface area contributed by atoms with Gasteiger partial charge in [-0.3, -0.25) is 9.89 Å². The van der Waals surface area contributed by atoms with Crippen LogP contribution in [-0.4, -0.2) is 49.6 Å². The van der Waals surface area contributed by atoms with Gasteiger partial charge in [0, 0.05) is 19.6 Å². The summed E-state index contributed by atoms with van der Waals surface area (Å²) in [6.45, 7) is 1.49. The number of rotatable bonds is 7. The van der Waals surface area contributed by atoms with E-state index < -0.39 is 10.0 Å². The molecule has 9 nitrogen and oxygen atoms in total. The number of methoxy groups -OCH3 is 1. The number of carbonyl (C=O) groups is 1. The van der Waals surface area contributed by atoms with Crippen LogP contribution in [0.3, 0.4) is 0 Å². The summed E-state index contributed by atoms with van der Waals surface area (Å²) in [4.78, 5) is 14.6. The van der Waals surface area contributed by atoms with Gasteiger partial charge in [-0.25, -0.2) is 13.1 Å². The molecule has 0 aliphatic carbocycles. The third-order valence-electron chi connectivity index (χ3n) is 5.21. The van der Waals surface area contributed by atoms with Crippen LogP contribution in [-0.2, 0) is 16.6 Å². The summed E-state index contributed by atoms with van der Waals surface area (Å²) in [7, 11) is -2.34. The Bertz CT molecular complexity index is 1160. The third-order valence-corrected chi connectivity index (χ3v) is 6.48. The number of amides is 1. The van der Waals surface area contributed by atoms with Crippen LogP contribution in [0.25, 0.3) is 11.5 Å². The van der Waals surface area contributed by atoms with Gasteiger partial charge in [0.25, 0.3) is 15.9 Å². The number of likely N-dealkylation sites (tertiary alicyclic amines) is 1. The fraction of sp³-hybridized carbons (Fsp3) is 0.333. The number of H-pyrrole nitrogens is 1. The summed E-state index contributed by atoms with van der Waals surface area (Å²) in [6, 6.07) is 9.98. The molecule has 1 aliphatic rings. The van der Waals surface area contributed by atoms with E-state index in [0.29, 0.717) is 30.1 Å². The van der Waals surface area contributed by atoms with Crippen LogP contribution in [0.2, 0.25) is 0 Å². The lowest BCUT2D eigenvalue weighted by molar-refractivity contribution is 0.0725. The molecule has 10 heteroatoms. The van der Waals surface area contributed by atoms with E-state index in [1.807, 2.05) is 0 Å². The number of furan rings is 1. The molecule has 0 bridgehead atoms. The number of sulfonamides is 1. The predicted octanol–water partition coefficient (Wildman–Crippen LogP) is 2.78. The molecular weight excluding hydrogens is 420 g/mol. The molecule has 31 heavy (non-hydrogen) atoms. The predicted molar refractivity (Wildman–Crippen MR) is 113 cm³/mol. The van der Waals surface area contributed by atoms with Gasteiger partial charge in [-0.15, -0.1) is 0 Å². The van der Waals surface area contributed by atoms with Crippen molar-refractivity contribution in [1.82, 2.24) is 19.8 Å². The Balaban J connectivity index is 1.50. The largest absolute Gasteiger partial charge is 0.497 e. The van der Waals surface area contributed by atoms with E-state index in [-0.39, 0.29) is 23.3 Å². The first-order valence-corrected chi connectivity index (χ1v) is 11.5. The van der Waals surface area contributed by atoms with Crippen molar-refractivity contribution in [3.63, 3.8) is 0 Å². The third kappa shape index (κ3) is 4.64. The highest BCUT2D eigenvalue weighted by Gasteiger charge is 2.26. The second-order valence-corrected chi connectivity index (χ2v) is 9.00. The number of aromatic nitrogens is 2. The summed E-state index contributed by atoms with van der Waals surface area (Å²) < 4.78 is 38.6. The van der Waals surface area contributed by atoms with Gasteiger partial charge in [0.2, 0.25) is 5.09 Å². The molecule has 0 unspecified atom stereocenters. The Kier molecular flexibility index (Phi) is 6.10. The molecule has 1 saturated heterocycles. The monoisotopic (exact) mass is 444 g/mol. The van der Waals surface area contributed by atoms with Crippen molar-refractivity contribution in [1.29, 1.82) is 0 Å². The number of ether oxygens (including phenoxy) is 1. The van der Waals surface area contributed by atoms with E-state index in [4.69, 9.17) is 9.15 Å². The Morgan fingerprint density at radius 3 is 2.81 bits per heavy atom. The molecule has 2 N–H and O–H groups in total. The fourth-order valence-corrected chi connectivity index (χ4v) is 4.48. The minimum absolute atomic E-state index is 0.0817. The van der Waals surface area contributed by atoms with Crippen molar-refractivity contribution < 1.29 is 22.4 Å². The number of carbonyl (C=O) groups excluding carboxylic acids is 1. The molecule has 1 fully saturated rings. The van der Waals surface area contributed by atoms with Crippen LogP contribution in [0.4, 0.5) is 0 Å². The SMILES string of the molecule is COc1cccc(CNS(=O)(=O)c2ccc(-c3[nH]ncc3C(=O)N3CCCCC3)o2)c1. The number of nitrogens with zero attached hydrogens (tertiary/aromatic N) is 2. The van der Waals surface area contributed by atoms with Crippen molar-refractivity contribution in [2.75, 3.05) is 20.2 Å². The summed E-state index contributed by atoms with van der Waals surface area (Å²) in [5.41, 5.74) is 1.48. The highest BCUT2D eigenvalue weighted by atomic mass is 32.2. The van der Waals surface area contributed by atoms with Gasteiger partial charge in [-0.2, -0.15) is 5.10 Å². The average molecular weight is 445 g/mol. The van der Waals surface area contributed by atoms with Crippen molar-refractivity contribution in [3.05, 3.63) is 53.7 Å². The van der Waals surface area contributed by atoms with E-state index >= 15 is 0 Å². The summed E-state index contributed by atoms with van der Waals surface area (Å²) in [6.07, 6.45) is 4.51. The van der Waals surface area contributed by atoms with Gasteiger partial charge >= 0.3 is 0 Å². The second-order valence-electron chi connectivity index (χ2n) is 7.31. The smallest absolute Gasteiger partial charge is 0.274 e. The number of hydrogen-bond acceptors (Lipinski definition) is 6. The van der Waals surface area contributed by atoms with Gasteiger partial charge in [-0.1, -0.05) is 12.1 Å². The molecule has 1 aromatic carbocycles. The number of aromatic amines is 1. The van der Waals surface area contributed by atoms with Gasteiger partial charge in [-0.05, 0) is 49.1 Å². The molecule has 164 valence electrons. The molecule has 1 amide bonds. The minimum Gasteiger partial charge on any atom is -0.497 e. The standard InChI is InChI=1S/C21H24N4O5S/c1-29-16-7-5-6-15(12-16)13-23-31(27,28)19-9-8-18(30-19)20-17(14-22-24-20)21(26)25-10-3-2-4-11-25/h5-9,12,14,23H,2-4,10-11,13H2,1H3,(H,22,24). The van der Waals surface area contributed by atoms with Crippen LogP contribution in [0.1, 0.15) is 35.2 Å². The van der Waals surface area contributed by atoms with Gasteiger partial charge < -0.3 is 14.1 Å². The van der Waals surface area contributed by atoms with Crippen molar-refractivity contribution in [3.8, 4) is 17.2 Å². The van der Waals surface area contributed by atoms with E-state index in [9.17, 15) is 13.2 Å². The maximum Gasteiger partial charge on any atom is 0.274 e. The molecular formula is C21H24N4O5S. The van der Waals surface area contributed by atoms with E-state index in [1.54, 1.807) is 36.3 Å². The fourth-order valence-electron chi connectivity index (χ4n) is 3.53. The Labute approximate surface area is 180 Å². The van der Waals surface area contributed by atoms with Crippen LogP contribution in [0.5, 0.6) is 5.75 Å². The van der Waals surface area contributed by atoms with Crippen LogP contribution >= 0.6 is 0 Å². The van der Waals surface area contributed by atoms with Crippen LogP contribution in [0.15, 0.2) is 52.1 Å².